The van der Waals surface area contributed by atoms with Gasteiger partial charge in [0.15, 0.2) is 5.96 Å². The zero-order chi connectivity index (χ0) is 19.2. The predicted molar refractivity (Wildman–Crippen MR) is 116 cm³/mol. The van der Waals surface area contributed by atoms with E-state index in [9.17, 15) is 0 Å². The Morgan fingerprint density at radius 3 is 2.82 bits per heavy atom. The minimum Gasteiger partial charge on any atom is -0.361 e. The number of nitrogens with one attached hydrogen (secondary N) is 3. The van der Waals surface area contributed by atoms with Crippen molar-refractivity contribution in [1.82, 2.24) is 25.2 Å². The first-order valence-corrected chi connectivity index (χ1v) is 9.74. The summed E-state index contributed by atoms with van der Waals surface area (Å²) in [6.45, 7) is 2.63. The molecule has 0 bridgehead atoms. The fourth-order valence-electron chi connectivity index (χ4n) is 3.52. The van der Waals surface area contributed by atoms with Crippen molar-refractivity contribution < 1.29 is 0 Å². The first-order valence-electron chi connectivity index (χ1n) is 9.74. The molecule has 0 saturated carbocycles. The number of H-pyrrole nitrogens is 1. The molecule has 0 aliphatic heterocycles. The Balaban J connectivity index is 1.22. The van der Waals surface area contributed by atoms with Crippen LogP contribution in [0, 0.1) is 0 Å². The lowest BCUT2D eigenvalue weighted by molar-refractivity contribution is 0.637. The van der Waals surface area contributed by atoms with Crippen LogP contribution in [0.5, 0.6) is 0 Å². The number of rotatable bonds is 7. The summed E-state index contributed by atoms with van der Waals surface area (Å²) in [6.07, 6.45) is 5.96. The summed E-state index contributed by atoms with van der Waals surface area (Å²) < 4.78 is 2.20. The SMILES string of the molecule is CN=C(NCCCn1cnc2ccccc21)NCCc1c[nH]c2ccccc12. The molecule has 0 unspecified atom stereocenters. The Hall–Kier alpha value is -3.28. The van der Waals surface area contributed by atoms with Crippen molar-refractivity contribution in [2.24, 2.45) is 4.99 Å². The monoisotopic (exact) mass is 374 g/mol. The maximum absolute atomic E-state index is 4.44. The predicted octanol–water partition coefficient (Wildman–Crippen LogP) is 3.32. The van der Waals surface area contributed by atoms with Gasteiger partial charge >= 0.3 is 0 Å². The van der Waals surface area contributed by atoms with Crippen LogP contribution >= 0.6 is 0 Å². The summed E-state index contributed by atoms with van der Waals surface area (Å²) in [5, 5.41) is 8.09. The van der Waals surface area contributed by atoms with Crippen LogP contribution in [0.2, 0.25) is 0 Å². The topological polar surface area (TPSA) is 70.0 Å². The highest BCUT2D eigenvalue weighted by Crippen LogP contribution is 2.17. The molecule has 6 nitrogen and oxygen atoms in total. The van der Waals surface area contributed by atoms with Gasteiger partial charge in [-0.2, -0.15) is 0 Å². The van der Waals surface area contributed by atoms with Gasteiger partial charge in [0.1, 0.15) is 0 Å². The van der Waals surface area contributed by atoms with Gasteiger partial charge in [-0.05, 0) is 36.6 Å². The van der Waals surface area contributed by atoms with E-state index >= 15 is 0 Å². The van der Waals surface area contributed by atoms with Crippen LogP contribution in [-0.4, -0.2) is 40.6 Å². The molecular formula is C22H26N6. The van der Waals surface area contributed by atoms with E-state index in [1.54, 1.807) is 0 Å². The van der Waals surface area contributed by atoms with Crippen LogP contribution in [0.1, 0.15) is 12.0 Å². The molecule has 0 saturated heterocycles. The Labute approximate surface area is 164 Å². The Morgan fingerprint density at radius 2 is 1.89 bits per heavy atom. The molecule has 2 aromatic heterocycles. The largest absolute Gasteiger partial charge is 0.361 e. The zero-order valence-electron chi connectivity index (χ0n) is 16.2. The van der Waals surface area contributed by atoms with Crippen LogP contribution in [0.4, 0.5) is 0 Å². The van der Waals surface area contributed by atoms with Crippen molar-refractivity contribution >= 4 is 27.9 Å². The third-order valence-corrected chi connectivity index (χ3v) is 4.98. The number of aromatic amines is 1. The van der Waals surface area contributed by atoms with E-state index in [4.69, 9.17) is 0 Å². The van der Waals surface area contributed by atoms with Gasteiger partial charge < -0.3 is 20.2 Å². The summed E-state index contributed by atoms with van der Waals surface area (Å²) in [5.41, 5.74) is 4.74. The third-order valence-electron chi connectivity index (χ3n) is 4.98. The Kier molecular flexibility index (Phi) is 5.56. The molecule has 0 spiro atoms. The third kappa shape index (κ3) is 4.01. The van der Waals surface area contributed by atoms with Gasteiger partial charge in [0.2, 0.25) is 0 Å². The summed E-state index contributed by atoms with van der Waals surface area (Å²) in [5.74, 6) is 0.843. The van der Waals surface area contributed by atoms with Crippen molar-refractivity contribution in [3.8, 4) is 0 Å². The van der Waals surface area contributed by atoms with Gasteiger partial charge in [0.05, 0.1) is 17.4 Å². The molecule has 2 aromatic carbocycles. The highest BCUT2D eigenvalue weighted by molar-refractivity contribution is 5.83. The second-order valence-electron chi connectivity index (χ2n) is 6.82. The average Bonchev–Trinajstić information content (AvgIpc) is 3.34. The van der Waals surface area contributed by atoms with Crippen LogP contribution < -0.4 is 10.6 Å². The molecule has 4 aromatic rings. The van der Waals surface area contributed by atoms with Gasteiger partial charge in [0, 0.05) is 43.8 Å². The average molecular weight is 374 g/mol. The number of aryl methyl sites for hydroxylation is 1. The van der Waals surface area contributed by atoms with Crippen molar-refractivity contribution in [2.45, 2.75) is 19.4 Å². The second kappa shape index (κ2) is 8.61. The molecular weight excluding hydrogens is 348 g/mol. The first-order chi connectivity index (χ1) is 13.8. The quantitative estimate of drug-likeness (QED) is 0.264. The summed E-state index contributed by atoms with van der Waals surface area (Å²) >= 11 is 0. The van der Waals surface area contributed by atoms with E-state index in [1.807, 2.05) is 25.5 Å². The number of hydrogen-bond acceptors (Lipinski definition) is 2. The van der Waals surface area contributed by atoms with E-state index in [0.29, 0.717) is 0 Å². The molecule has 0 radical (unpaired) electrons. The van der Waals surface area contributed by atoms with Crippen molar-refractivity contribution in [2.75, 3.05) is 20.1 Å². The molecule has 2 heterocycles. The number of aliphatic imine (C=N–C) groups is 1. The number of nitrogens with zero attached hydrogens (tertiary/aromatic N) is 3. The maximum Gasteiger partial charge on any atom is 0.190 e. The number of imidazole rings is 1. The molecule has 6 heteroatoms. The molecule has 3 N–H and O–H groups in total. The number of fused-ring (bicyclic) bond motifs is 2. The van der Waals surface area contributed by atoms with Gasteiger partial charge in [-0.3, -0.25) is 4.99 Å². The Morgan fingerprint density at radius 1 is 1.07 bits per heavy atom. The summed E-state index contributed by atoms with van der Waals surface area (Å²) in [4.78, 5) is 12.1. The standard InChI is InChI=1S/C22H26N6/c1-23-22(25-13-11-17-15-26-19-8-3-2-7-18(17)19)24-12-6-14-28-16-27-20-9-4-5-10-21(20)28/h2-5,7-10,15-16,26H,6,11-14H2,1H3,(H2,23,24,25). The molecule has 4 rings (SSSR count). The van der Waals surface area contributed by atoms with Crippen LogP contribution in [0.25, 0.3) is 21.9 Å². The number of hydrogen-bond donors (Lipinski definition) is 3. The number of benzene rings is 2. The van der Waals surface area contributed by atoms with Gasteiger partial charge in [-0.25, -0.2) is 4.98 Å². The highest BCUT2D eigenvalue weighted by Gasteiger charge is 2.04. The number of guanidine groups is 1. The van der Waals surface area contributed by atoms with Gasteiger partial charge in [0.25, 0.3) is 0 Å². The first kappa shape index (κ1) is 18.1. The fourth-order valence-corrected chi connectivity index (χ4v) is 3.52. The maximum atomic E-state index is 4.44. The van der Waals surface area contributed by atoms with E-state index < -0.39 is 0 Å². The van der Waals surface area contributed by atoms with E-state index in [2.05, 4.69) is 72.8 Å². The van der Waals surface area contributed by atoms with E-state index in [1.165, 1.54) is 22.0 Å². The van der Waals surface area contributed by atoms with Crippen LogP contribution in [0.15, 0.2) is 66.0 Å². The molecule has 0 fully saturated rings. The van der Waals surface area contributed by atoms with E-state index in [-0.39, 0.29) is 0 Å². The normalized spacial score (nSPS) is 12.0. The molecule has 28 heavy (non-hydrogen) atoms. The van der Waals surface area contributed by atoms with E-state index in [0.717, 1.165) is 44.0 Å². The molecule has 144 valence electrons. The lowest BCUT2D eigenvalue weighted by Crippen LogP contribution is -2.38. The smallest absolute Gasteiger partial charge is 0.190 e. The molecule has 0 amide bonds. The highest BCUT2D eigenvalue weighted by atomic mass is 15.2. The van der Waals surface area contributed by atoms with Crippen molar-refractivity contribution in [3.63, 3.8) is 0 Å². The lowest BCUT2D eigenvalue weighted by Gasteiger charge is -2.12. The molecule has 0 aliphatic carbocycles. The van der Waals surface area contributed by atoms with Crippen LogP contribution in [0.3, 0.4) is 0 Å². The second-order valence-corrected chi connectivity index (χ2v) is 6.82. The van der Waals surface area contributed by atoms with Crippen LogP contribution in [-0.2, 0) is 13.0 Å². The minimum atomic E-state index is 0.841. The summed E-state index contributed by atoms with van der Waals surface area (Å²) in [6, 6.07) is 16.6. The van der Waals surface area contributed by atoms with Gasteiger partial charge in [-0.1, -0.05) is 30.3 Å². The molecule has 0 aliphatic rings. The number of aromatic nitrogens is 3. The van der Waals surface area contributed by atoms with Crippen molar-refractivity contribution in [3.05, 3.63) is 66.6 Å². The number of para-hydroxylation sites is 3. The van der Waals surface area contributed by atoms with Crippen molar-refractivity contribution in [1.29, 1.82) is 0 Å². The fraction of sp³-hybridized carbons (Fsp3) is 0.273. The minimum absolute atomic E-state index is 0.841. The zero-order valence-corrected chi connectivity index (χ0v) is 16.2. The lowest BCUT2D eigenvalue weighted by atomic mass is 10.1. The summed E-state index contributed by atoms with van der Waals surface area (Å²) in [7, 11) is 1.81. The molecule has 0 atom stereocenters. The Bertz CT molecular complexity index is 1070. The van der Waals surface area contributed by atoms with Gasteiger partial charge in [-0.15, -0.1) is 0 Å².